The third-order valence-corrected chi connectivity index (χ3v) is 20.5. The van der Waals surface area contributed by atoms with Gasteiger partial charge in [-0.15, -0.1) is 0 Å². The summed E-state index contributed by atoms with van der Waals surface area (Å²) in [5.41, 5.74) is -0.779. The van der Waals surface area contributed by atoms with Crippen LogP contribution in [0.1, 0.15) is 187 Å². The summed E-state index contributed by atoms with van der Waals surface area (Å²) in [7, 11) is -5.40. The quantitative estimate of drug-likeness (QED) is 0.0357. The van der Waals surface area contributed by atoms with E-state index in [-0.39, 0.29) is 88.4 Å². The Morgan fingerprint density at radius 1 is 0.720 bits per heavy atom. The van der Waals surface area contributed by atoms with E-state index in [9.17, 15) is 9.67 Å². The fourth-order valence-electron chi connectivity index (χ4n) is 9.24. The molecule has 2 fully saturated rings. The van der Waals surface area contributed by atoms with E-state index in [1.165, 1.54) is 0 Å². The summed E-state index contributed by atoms with van der Waals surface area (Å²) in [6, 6.07) is 4.54. The summed E-state index contributed by atoms with van der Waals surface area (Å²) in [4.78, 5) is 10.1. The molecule has 0 saturated carbocycles. The van der Waals surface area contributed by atoms with E-state index in [2.05, 4.69) is 150 Å². The van der Waals surface area contributed by atoms with Crippen LogP contribution in [0.4, 0.5) is 0 Å². The predicted octanol–water partition coefficient (Wildman–Crippen LogP) is 14.8. The minimum atomic E-state index is -4.04. The summed E-state index contributed by atoms with van der Waals surface area (Å²) < 4.78 is 80.2. The molecule has 14 unspecified atom stereocenters. The summed E-state index contributed by atoms with van der Waals surface area (Å²) >= 11 is 3.96. The molecular weight excluding hydrogens is 1070 g/mol. The van der Waals surface area contributed by atoms with Crippen LogP contribution < -0.4 is 0 Å². The Labute approximate surface area is 481 Å². The molecule has 16 nitrogen and oxygen atoms in total. The third kappa shape index (κ3) is 27.1. The maximum absolute atomic E-state index is 14.0. The number of hydrogen-bond donors (Lipinski definition) is 1. The van der Waals surface area contributed by atoms with Crippen molar-refractivity contribution >= 4 is 16.3 Å². The number of hydrogen-bond acceptors (Lipinski definition) is 16. The molecule has 2 aliphatic rings. The molecule has 1 N–H and O–H groups in total. The Morgan fingerprint density at radius 2 is 1.17 bits per heavy atom. The normalized spacial score (nSPS) is 26.1. The second kappa shape index (κ2) is 41.0. The van der Waals surface area contributed by atoms with Crippen molar-refractivity contribution in [1.29, 1.82) is 10.5 Å². The number of nitrogens with zero attached hydrogens (tertiary/aromatic N) is 5. The molecule has 0 amide bonds. The van der Waals surface area contributed by atoms with Gasteiger partial charge in [0.1, 0.15) is 0 Å². The molecule has 0 aromatic carbocycles. The molecule has 18 atom stereocenters. The molecule has 2 heterocycles. The molecule has 440 valence electrons. The zero-order valence-corrected chi connectivity index (χ0v) is 54.0. The third-order valence-electron chi connectivity index (χ3n) is 16.4. The number of rotatable bonds is 35. The van der Waals surface area contributed by atoms with Crippen molar-refractivity contribution in [2.45, 2.75) is 227 Å². The topological polar surface area (TPSA) is 196 Å². The van der Waals surface area contributed by atoms with E-state index < -0.39 is 41.2 Å². The summed E-state index contributed by atoms with van der Waals surface area (Å²) in [5.74, 6) is 4.47. The molecule has 0 aromatic heterocycles. The first-order valence-corrected chi connectivity index (χ1v) is 31.3. The Morgan fingerprint density at radius 3 is 1.64 bits per heavy atom. The molecule has 2 saturated heterocycles. The van der Waals surface area contributed by atoms with Gasteiger partial charge in [-0.3, -0.25) is 0 Å². The molecule has 0 aliphatic carbocycles. The average molecular weight is 1180 g/mol. The van der Waals surface area contributed by atoms with Gasteiger partial charge in [0.15, 0.2) is 0 Å². The maximum atomic E-state index is 14.0. The van der Waals surface area contributed by atoms with Crippen molar-refractivity contribution in [3.8, 4) is 12.1 Å². The standard InChI is InChI=1S/C23H43N2O6P.C17H36O.C14H26N3O4P.CH4.2V/c1-8-17(3)19(5)23(7,20(6)18(4)9-2)31-32(26,29-13-10-12-24)30-15-21-11-14-27-22(21)16-28-25;1-10(2)12(5)14(7)16(9)17(18)15(8)13(6)11(3)4;1-11(2)17(12(3)4)22(20-8-5-7-15)21-13-6-9-18-14(13)10-19-16;;;/h17-22H,8-11,13-16H2,1-7H3;10-18H,1-9H3;11-14H,5-6,8-10H2,1-4H3;1H4;;/t17?,18?,19?,20?,21?,22-,23?,32?;;13?,14-,22?;;;/m1.1.../s1/i14T;;9T;;;/t14-,17?,18?,19?,20?,21?,22+,23?,32?;;9-,13?,14+,22?;;;/m0.0.... The van der Waals surface area contributed by atoms with E-state index in [1.807, 2.05) is 47.5 Å². The van der Waals surface area contributed by atoms with E-state index in [0.717, 1.165) is 12.8 Å². The van der Waals surface area contributed by atoms with Gasteiger partial charge in [-0.2, -0.15) is 5.26 Å². The molecule has 0 spiro atoms. The Bertz CT molecular complexity index is 1680. The molecule has 0 aromatic rings. The Kier molecular flexibility index (Phi) is 39.9. The van der Waals surface area contributed by atoms with Gasteiger partial charge >= 0.3 is 316 Å². The average Bonchev–Trinajstić information content (AvgIpc) is 3.92. The first kappa shape index (κ1) is 73.0. The van der Waals surface area contributed by atoms with Crippen molar-refractivity contribution in [3.05, 3.63) is 0 Å². The van der Waals surface area contributed by atoms with E-state index in [4.69, 9.17) is 55.0 Å². The second-order valence-corrected chi connectivity index (χ2v) is 25.8. The van der Waals surface area contributed by atoms with Crippen molar-refractivity contribution in [3.63, 3.8) is 0 Å². The fourth-order valence-corrected chi connectivity index (χ4v) is 12.9. The number of ether oxygens (including phenoxy) is 2. The number of aliphatic hydroxyl groups excluding tert-OH is 1. The predicted molar refractivity (Wildman–Crippen MR) is 294 cm³/mol. The van der Waals surface area contributed by atoms with Crippen molar-refractivity contribution in [2.24, 2.45) is 78.9 Å². The van der Waals surface area contributed by atoms with Crippen LogP contribution in [-0.4, -0.2) is 98.1 Å². The Balaban J connectivity index is 0. The molecule has 0 bridgehead atoms. The van der Waals surface area contributed by atoms with E-state index >= 15 is 0 Å². The van der Waals surface area contributed by atoms with E-state index in [1.54, 1.807) is 0 Å². The van der Waals surface area contributed by atoms with Gasteiger partial charge in [0.05, 0.1) is 6.10 Å². The molecule has 2 aliphatic heterocycles. The molecule has 0 radical (unpaired) electrons. The molecule has 2 rings (SSSR count). The van der Waals surface area contributed by atoms with E-state index in [0.29, 0.717) is 79.1 Å². The van der Waals surface area contributed by atoms with Gasteiger partial charge in [-0.25, -0.2) is 0 Å². The second-order valence-electron chi connectivity index (χ2n) is 22.2. The zero-order chi connectivity index (χ0) is 58.7. The summed E-state index contributed by atoms with van der Waals surface area (Å²) in [5, 5.41) is 28.3. The van der Waals surface area contributed by atoms with Crippen molar-refractivity contribution in [1.82, 2.24) is 4.67 Å². The molecular formula is C55H109N5O11P2V2. The van der Waals surface area contributed by atoms with Gasteiger partial charge in [0.25, 0.3) is 0 Å². The van der Waals surface area contributed by atoms with Gasteiger partial charge < -0.3 is 5.11 Å². The van der Waals surface area contributed by atoms with Crippen LogP contribution in [0, 0.1) is 93.7 Å². The van der Waals surface area contributed by atoms with Gasteiger partial charge in [0.2, 0.25) is 0 Å². The first-order chi connectivity index (χ1) is 35.5. The van der Waals surface area contributed by atoms with Crippen LogP contribution in [0.3, 0.4) is 0 Å². The van der Waals surface area contributed by atoms with Gasteiger partial charge in [-0.05, 0) is 41.4 Å². The molecule has 20 heteroatoms. The van der Waals surface area contributed by atoms with Gasteiger partial charge in [-0.1, -0.05) is 110 Å². The van der Waals surface area contributed by atoms with Crippen LogP contribution in [0.2, 0.25) is 0 Å². The van der Waals surface area contributed by atoms with Crippen LogP contribution in [0.5, 0.6) is 0 Å². The number of aliphatic hydroxyl groups is 1. The number of phosphoric ester groups is 1. The first-order valence-electron chi connectivity index (χ1n) is 28.6. The van der Waals surface area contributed by atoms with Crippen LogP contribution in [0.15, 0.2) is 7.91 Å². The van der Waals surface area contributed by atoms with Crippen molar-refractivity contribution < 1.29 is 88.7 Å². The summed E-state index contributed by atoms with van der Waals surface area (Å²) in [6.45, 7) is 42.9. The van der Waals surface area contributed by atoms with Crippen molar-refractivity contribution in [2.75, 3.05) is 46.2 Å². The number of nitriles is 2. The fraction of sp³-hybridized carbons (Fsp3) is 0.964. The van der Waals surface area contributed by atoms with Gasteiger partial charge in [0, 0.05) is 0 Å². The number of phosphoric acid groups is 1. The SMILES string of the molecule is C.CC(C)C(C)C(C)C(C)C(O)C(C)C(C)C(C)C.[3H][C@H]1CC(COP(=O)(OCCC#N)OC(C)(C(C)C(C)CC)C(C)C(C)CC)[C@@H](CO[N]=[V])O1.[3H][C@H]1CC(OP(OCCC#N)N(C(C)C)C(C)C)[C@@H](CO[N]=[V])O1. The zero-order valence-electron chi connectivity index (χ0n) is 51.4. The minimum absolute atomic E-state index is 0. The summed E-state index contributed by atoms with van der Waals surface area (Å²) in [6.07, 6.45) is 1.93. The monoisotopic (exact) mass is 1180 g/mol. The van der Waals surface area contributed by atoms with Crippen LogP contribution in [0.25, 0.3) is 0 Å². The Hall–Kier alpha value is -0.0312. The molecule has 75 heavy (non-hydrogen) atoms. The van der Waals surface area contributed by atoms with Crippen LogP contribution in [-0.2, 0) is 80.8 Å². The van der Waals surface area contributed by atoms with Crippen LogP contribution >= 0.6 is 16.3 Å².